The molecule has 1 saturated carbocycles. The van der Waals surface area contributed by atoms with Gasteiger partial charge in [0.1, 0.15) is 23.5 Å². The number of nitrogens with one attached hydrogen (secondary N) is 1. The standard InChI is InChI=1S/C21H25BrFN3O3/c1-21(2,3)29-20(28)26-16-7-5-13(9-16)18(26)19(27)25-15(11-24)8-12-4-6-14(22)10-17(12)23/h4,6,10,13,15-16,18H,5,7-9H2,1-3H3,(H,25,27)/t13?,15?,16-,18+/m1/s1. The van der Waals surface area contributed by atoms with Crippen molar-refractivity contribution in [2.75, 3.05) is 0 Å². The second kappa shape index (κ2) is 8.31. The van der Waals surface area contributed by atoms with Gasteiger partial charge in [0, 0.05) is 16.9 Å². The molecule has 1 aromatic carbocycles. The summed E-state index contributed by atoms with van der Waals surface area (Å²) >= 11 is 3.20. The molecule has 1 heterocycles. The predicted octanol–water partition coefficient (Wildman–Crippen LogP) is 3.93. The molecule has 8 heteroatoms. The van der Waals surface area contributed by atoms with Crippen LogP contribution in [0.25, 0.3) is 0 Å². The van der Waals surface area contributed by atoms with Gasteiger partial charge in [-0.3, -0.25) is 9.69 Å². The van der Waals surface area contributed by atoms with Crippen molar-refractivity contribution >= 4 is 27.9 Å². The molecule has 1 aromatic rings. The Balaban J connectivity index is 1.72. The maximum absolute atomic E-state index is 14.1. The van der Waals surface area contributed by atoms with Gasteiger partial charge in [0.05, 0.1) is 6.07 Å². The molecule has 6 nitrogen and oxygen atoms in total. The van der Waals surface area contributed by atoms with Gasteiger partial charge in [0.2, 0.25) is 5.91 Å². The van der Waals surface area contributed by atoms with Crippen molar-refractivity contribution in [3.05, 3.63) is 34.1 Å². The average Bonchev–Trinajstić information content (AvgIpc) is 3.23. The summed E-state index contributed by atoms with van der Waals surface area (Å²) in [5, 5.41) is 12.2. The highest BCUT2D eigenvalue weighted by Crippen LogP contribution is 2.43. The highest BCUT2D eigenvalue weighted by Gasteiger charge is 2.52. The summed E-state index contributed by atoms with van der Waals surface area (Å²) in [6, 6.07) is 5.06. The lowest BCUT2D eigenvalue weighted by Gasteiger charge is -2.35. The summed E-state index contributed by atoms with van der Waals surface area (Å²) in [5.74, 6) is -0.771. The summed E-state index contributed by atoms with van der Waals surface area (Å²) in [6.45, 7) is 5.35. The second-order valence-corrected chi connectivity index (χ2v) is 9.61. The molecule has 0 aromatic heterocycles. The van der Waals surface area contributed by atoms with Crippen LogP contribution in [0.1, 0.15) is 45.6 Å². The number of hydrogen-bond acceptors (Lipinski definition) is 4. The summed E-state index contributed by atoms with van der Waals surface area (Å²) < 4.78 is 20.2. The van der Waals surface area contributed by atoms with Gasteiger partial charge in [-0.1, -0.05) is 22.0 Å². The van der Waals surface area contributed by atoms with Crippen LogP contribution in [0, 0.1) is 23.1 Å². The second-order valence-electron chi connectivity index (χ2n) is 8.69. The SMILES string of the molecule is CC(C)(C)OC(=O)N1[C@@H]2CCC(C2)[C@H]1C(=O)NC(C#N)Cc1ccc(Br)cc1F. The third-order valence-electron chi connectivity index (χ3n) is 5.37. The van der Waals surface area contributed by atoms with E-state index in [1.54, 1.807) is 32.9 Å². The van der Waals surface area contributed by atoms with Gasteiger partial charge in [-0.2, -0.15) is 5.26 Å². The first-order valence-corrected chi connectivity index (χ1v) is 10.5. The Bertz CT molecular complexity index is 849. The van der Waals surface area contributed by atoms with Crippen molar-refractivity contribution in [3.8, 4) is 6.07 Å². The van der Waals surface area contributed by atoms with Crippen LogP contribution >= 0.6 is 15.9 Å². The number of halogens is 2. The summed E-state index contributed by atoms with van der Waals surface area (Å²) in [4.78, 5) is 27.2. The molecule has 156 valence electrons. The van der Waals surface area contributed by atoms with Crippen molar-refractivity contribution in [1.29, 1.82) is 5.26 Å². The van der Waals surface area contributed by atoms with Crippen LogP contribution in [0.2, 0.25) is 0 Å². The zero-order valence-electron chi connectivity index (χ0n) is 16.7. The Morgan fingerprint density at radius 3 is 2.76 bits per heavy atom. The van der Waals surface area contributed by atoms with Crippen LogP contribution < -0.4 is 5.32 Å². The molecule has 0 radical (unpaired) electrons. The van der Waals surface area contributed by atoms with Gasteiger partial charge >= 0.3 is 6.09 Å². The Morgan fingerprint density at radius 1 is 1.41 bits per heavy atom. The topological polar surface area (TPSA) is 82.4 Å². The molecule has 2 amide bonds. The van der Waals surface area contributed by atoms with Crippen LogP contribution in [0.3, 0.4) is 0 Å². The first-order chi connectivity index (χ1) is 13.6. The minimum Gasteiger partial charge on any atom is -0.444 e. The zero-order valence-corrected chi connectivity index (χ0v) is 18.3. The van der Waals surface area contributed by atoms with Crippen LogP contribution in [0.4, 0.5) is 9.18 Å². The lowest BCUT2D eigenvalue weighted by atomic mass is 9.97. The molecule has 29 heavy (non-hydrogen) atoms. The Hall–Kier alpha value is -2.14. The molecule has 2 aliphatic rings. The molecule has 1 aliphatic carbocycles. The lowest BCUT2D eigenvalue weighted by Crippen LogP contribution is -2.55. The maximum atomic E-state index is 14.1. The van der Waals surface area contributed by atoms with Gasteiger partial charge in [0.15, 0.2) is 0 Å². The molecule has 1 aliphatic heterocycles. The minimum atomic E-state index is -0.891. The first kappa shape index (κ1) is 21.6. The van der Waals surface area contributed by atoms with E-state index in [1.807, 2.05) is 6.07 Å². The number of nitriles is 1. The summed E-state index contributed by atoms with van der Waals surface area (Å²) in [5.41, 5.74) is -0.314. The Labute approximate surface area is 178 Å². The van der Waals surface area contributed by atoms with E-state index in [-0.39, 0.29) is 24.3 Å². The van der Waals surface area contributed by atoms with Gasteiger partial charge in [0.25, 0.3) is 0 Å². The van der Waals surface area contributed by atoms with Crippen molar-refractivity contribution in [2.24, 2.45) is 5.92 Å². The summed E-state index contributed by atoms with van der Waals surface area (Å²) in [6.07, 6.45) is 2.02. The first-order valence-electron chi connectivity index (χ1n) is 9.74. The number of likely N-dealkylation sites (tertiary alicyclic amines) is 1. The highest BCUT2D eigenvalue weighted by molar-refractivity contribution is 9.10. The normalized spacial score (nSPS) is 24.1. The zero-order chi connectivity index (χ0) is 21.3. The van der Waals surface area contributed by atoms with Crippen LogP contribution in [-0.2, 0) is 16.0 Å². The van der Waals surface area contributed by atoms with Gasteiger partial charge < -0.3 is 10.1 Å². The van der Waals surface area contributed by atoms with E-state index < -0.39 is 29.6 Å². The molecule has 2 fully saturated rings. The highest BCUT2D eigenvalue weighted by atomic mass is 79.9. The largest absolute Gasteiger partial charge is 0.444 e. The van der Waals surface area contributed by atoms with Crippen molar-refractivity contribution in [2.45, 2.75) is 70.2 Å². The number of nitrogens with zero attached hydrogens (tertiary/aromatic N) is 2. The Kier molecular flexibility index (Phi) is 6.18. The molecule has 1 N–H and O–H groups in total. The number of fused-ring (bicyclic) bond motifs is 2. The van der Waals surface area contributed by atoms with E-state index in [9.17, 15) is 19.2 Å². The lowest BCUT2D eigenvalue weighted by molar-refractivity contribution is -0.128. The van der Waals surface area contributed by atoms with Crippen molar-refractivity contribution in [3.63, 3.8) is 0 Å². The minimum absolute atomic E-state index is 0.0185. The number of amides is 2. The van der Waals surface area contributed by atoms with E-state index in [4.69, 9.17) is 4.74 Å². The molecule has 1 saturated heterocycles. The molecule has 3 rings (SSSR count). The third kappa shape index (κ3) is 4.89. The fourth-order valence-electron chi connectivity index (χ4n) is 4.20. The van der Waals surface area contributed by atoms with E-state index in [1.165, 1.54) is 11.0 Å². The number of benzene rings is 1. The smallest absolute Gasteiger partial charge is 0.411 e. The van der Waals surface area contributed by atoms with Gasteiger partial charge in [-0.15, -0.1) is 0 Å². The molecule has 2 bridgehead atoms. The fraction of sp³-hybridized carbons (Fsp3) is 0.571. The number of hydrogen-bond donors (Lipinski definition) is 1. The van der Waals surface area contributed by atoms with E-state index >= 15 is 0 Å². The van der Waals surface area contributed by atoms with Crippen LogP contribution in [0.5, 0.6) is 0 Å². The van der Waals surface area contributed by atoms with Gasteiger partial charge in [-0.25, -0.2) is 9.18 Å². The summed E-state index contributed by atoms with van der Waals surface area (Å²) in [7, 11) is 0. The average molecular weight is 466 g/mol. The molecule has 4 atom stereocenters. The molecular weight excluding hydrogens is 441 g/mol. The van der Waals surface area contributed by atoms with Crippen molar-refractivity contribution < 1.29 is 18.7 Å². The number of carbonyl (C=O) groups is 2. The number of piperidine rings is 1. The quantitative estimate of drug-likeness (QED) is 0.729. The number of carbonyl (C=O) groups excluding carboxylic acids is 2. The predicted molar refractivity (Wildman–Crippen MR) is 108 cm³/mol. The van der Waals surface area contributed by atoms with Gasteiger partial charge in [-0.05, 0) is 63.6 Å². The molecular formula is C21H25BrFN3O3. The third-order valence-corrected chi connectivity index (χ3v) is 5.86. The Morgan fingerprint density at radius 2 is 2.14 bits per heavy atom. The van der Waals surface area contributed by atoms with E-state index in [0.29, 0.717) is 10.0 Å². The number of rotatable bonds is 4. The molecule has 0 spiro atoms. The number of ether oxygens (including phenoxy) is 1. The maximum Gasteiger partial charge on any atom is 0.411 e. The van der Waals surface area contributed by atoms with Crippen molar-refractivity contribution in [1.82, 2.24) is 10.2 Å². The fourth-order valence-corrected chi connectivity index (χ4v) is 4.53. The molecule has 2 unspecified atom stereocenters. The van der Waals surface area contributed by atoms with Crippen LogP contribution in [0.15, 0.2) is 22.7 Å². The van der Waals surface area contributed by atoms with E-state index in [0.717, 1.165) is 19.3 Å². The van der Waals surface area contributed by atoms with E-state index in [2.05, 4.69) is 21.2 Å². The van der Waals surface area contributed by atoms with Crippen LogP contribution in [-0.4, -0.2) is 40.6 Å². The monoisotopic (exact) mass is 465 g/mol.